The zero-order valence-corrected chi connectivity index (χ0v) is 17.0. The lowest BCUT2D eigenvalue weighted by Gasteiger charge is -2.30. The van der Waals surface area contributed by atoms with E-state index in [0.717, 1.165) is 41.4 Å². The van der Waals surface area contributed by atoms with E-state index in [1.54, 1.807) is 6.20 Å². The molecule has 3 aromatic heterocycles. The summed E-state index contributed by atoms with van der Waals surface area (Å²) < 4.78 is 25.8. The van der Waals surface area contributed by atoms with Crippen LogP contribution in [0.15, 0.2) is 36.7 Å². The van der Waals surface area contributed by atoms with Gasteiger partial charge in [-0.1, -0.05) is 11.6 Å². The van der Waals surface area contributed by atoms with E-state index < -0.39 is 10.0 Å². The molecule has 7 nitrogen and oxygen atoms in total. The summed E-state index contributed by atoms with van der Waals surface area (Å²) in [5.41, 5.74) is 2.78. The number of nitrogens with zero attached hydrogens (tertiary/aromatic N) is 2. The second-order valence-electron chi connectivity index (χ2n) is 7.26. The van der Waals surface area contributed by atoms with E-state index in [9.17, 15) is 8.42 Å². The predicted octanol–water partition coefficient (Wildman–Crippen LogP) is 3.55. The molecule has 148 valence electrons. The lowest BCUT2D eigenvalue weighted by atomic mass is 9.91. The molecule has 0 spiro atoms. The topological polar surface area (TPSA) is 99.8 Å². The van der Waals surface area contributed by atoms with Crippen molar-refractivity contribution in [3.05, 3.63) is 41.8 Å². The summed E-state index contributed by atoms with van der Waals surface area (Å²) in [6.07, 6.45) is 8.34. The molecule has 2 unspecified atom stereocenters. The monoisotopic (exact) mass is 419 g/mol. The first kappa shape index (κ1) is 19.2. The van der Waals surface area contributed by atoms with Crippen LogP contribution in [0.2, 0.25) is 5.15 Å². The summed E-state index contributed by atoms with van der Waals surface area (Å²) >= 11 is 6.28. The number of aromatic nitrogens is 3. The average Bonchev–Trinajstić information content (AvgIpc) is 3.04. The Bertz CT molecular complexity index is 1100. The molecule has 3 N–H and O–H groups in total. The molecule has 0 radical (unpaired) electrons. The van der Waals surface area contributed by atoms with Crippen LogP contribution in [-0.2, 0) is 10.0 Å². The first-order valence-electron chi connectivity index (χ1n) is 9.21. The smallest absolute Gasteiger partial charge is 0.208 e. The van der Waals surface area contributed by atoms with Gasteiger partial charge in [-0.15, -0.1) is 0 Å². The molecule has 0 amide bonds. The number of sulfonamides is 1. The first-order chi connectivity index (χ1) is 13.4. The van der Waals surface area contributed by atoms with Crippen LogP contribution >= 0.6 is 11.6 Å². The van der Waals surface area contributed by atoms with Crippen LogP contribution < -0.4 is 10.0 Å². The molecule has 0 saturated heterocycles. The number of nitrogens with one attached hydrogen (secondary N) is 3. The van der Waals surface area contributed by atoms with Gasteiger partial charge in [0.2, 0.25) is 10.0 Å². The number of H-pyrrole nitrogens is 1. The predicted molar refractivity (Wildman–Crippen MR) is 112 cm³/mol. The Kier molecular flexibility index (Phi) is 5.27. The summed E-state index contributed by atoms with van der Waals surface area (Å²) in [5.74, 6) is 0.686. The summed E-state index contributed by atoms with van der Waals surface area (Å²) in [7, 11) is -3.21. The van der Waals surface area contributed by atoms with E-state index in [2.05, 4.69) is 25.0 Å². The van der Waals surface area contributed by atoms with E-state index in [0.29, 0.717) is 17.4 Å². The third-order valence-electron chi connectivity index (χ3n) is 4.96. The van der Waals surface area contributed by atoms with Gasteiger partial charge < -0.3 is 10.3 Å². The fraction of sp³-hybridized carbons (Fsp3) is 0.368. The minimum atomic E-state index is -3.21. The van der Waals surface area contributed by atoms with Gasteiger partial charge >= 0.3 is 0 Å². The van der Waals surface area contributed by atoms with Crippen molar-refractivity contribution in [3.8, 4) is 11.1 Å². The normalized spacial score (nSPS) is 20.4. The lowest BCUT2D eigenvalue weighted by molar-refractivity contribution is 0.386. The van der Waals surface area contributed by atoms with Crippen molar-refractivity contribution in [2.24, 2.45) is 0 Å². The molecule has 4 rings (SSSR count). The number of aromatic amines is 1. The molecule has 2 atom stereocenters. The van der Waals surface area contributed by atoms with E-state index in [1.165, 1.54) is 6.26 Å². The van der Waals surface area contributed by atoms with E-state index in [1.807, 2.05) is 30.5 Å². The quantitative estimate of drug-likeness (QED) is 0.549. The Morgan fingerprint density at radius 3 is 2.89 bits per heavy atom. The summed E-state index contributed by atoms with van der Waals surface area (Å²) in [5, 5.41) is 4.85. The van der Waals surface area contributed by atoms with E-state index >= 15 is 0 Å². The Morgan fingerprint density at radius 2 is 2.07 bits per heavy atom. The van der Waals surface area contributed by atoms with Crippen LogP contribution in [0, 0.1) is 0 Å². The van der Waals surface area contributed by atoms with Crippen LogP contribution in [0.1, 0.15) is 25.7 Å². The van der Waals surface area contributed by atoms with Crippen molar-refractivity contribution in [2.75, 3.05) is 11.6 Å². The third-order valence-corrected chi connectivity index (χ3v) is 5.92. The van der Waals surface area contributed by atoms with Gasteiger partial charge in [0.1, 0.15) is 16.6 Å². The molecule has 9 heteroatoms. The number of hydrogen-bond donors (Lipinski definition) is 3. The molecule has 3 heterocycles. The Morgan fingerprint density at radius 1 is 1.25 bits per heavy atom. The summed E-state index contributed by atoms with van der Waals surface area (Å²) in [6.45, 7) is 0. The second kappa shape index (κ2) is 7.69. The van der Waals surface area contributed by atoms with E-state index in [-0.39, 0.29) is 12.1 Å². The number of pyridine rings is 2. The minimum absolute atomic E-state index is 0.0559. The Hall–Kier alpha value is -2.16. The van der Waals surface area contributed by atoms with Gasteiger partial charge in [0.05, 0.1) is 6.26 Å². The molecular weight excluding hydrogens is 398 g/mol. The lowest BCUT2D eigenvalue weighted by Crippen LogP contribution is -2.41. The largest absolute Gasteiger partial charge is 0.367 e. The number of rotatable bonds is 5. The molecule has 1 aliphatic carbocycles. The van der Waals surface area contributed by atoms with Crippen molar-refractivity contribution in [2.45, 2.75) is 37.8 Å². The van der Waals surface area contributed by atoms with Crippen molar-refractivity contribution in [3.63, 3.8) is 0 Å². The molecule has 0 aromatic carbocycles. The number of fused-ring (bicyclic) bond motifs is 1. The molecular formula is C19H22ClN5O2S. The zero-order valence-electron chi connectivity index (χ0n) is 15.4. The van der Waals surface area contributed by atoms with Crippen LogP contribution in [0.4, 0.5) is 5.82 Å². The van der Waals surface area contributed by atoms with Crippen molar-refractivity contribution < 1.29 is 8.42 Å². The molecule has 3 aromatic rings. The highest BCUT2D eigenvalue weighted by molar-refractivity contribution is 7.88. The maximum atomic E-state index is 11.5. The summed E-state index contributed by atoms with van der Waals surface area (Å²) in [6, 6.07) is 7.79. The van der Waals surface area contributed by atoms with Crippen LogP contribution in [0.3, 0.4) is 0 Å². The third kappa shape index (κ3) is 4.45. The van der Waals surface area contributed by atoms with Gasteiger partial charge in [0, 0.05) is 35.4 Å². The number of halogens is 1. The molecule has 0 aliphatic heterocycles. The van der Waals surface area contributed by atoms with Crippen LogP contribution in [0.25, 0.3) is 22.2 Å². The number of anilines is 1. The maximum Gasteiger partial charge on any atom is 0.208 e. The van der Waals surface area contributed by atoms with Gasteiger partial charge in [-0.2, -0.15) is 0 Å². The molecule has 1 saturated carbocycles. The Balaban J connectivity index is 1.56. The highest BCUT2D eigenvalue weighted by Gasteiger charge is 2.24. The maximum absolute atomic E-state index is 11.5. The average molecular weight is 420 g/mol. The van der Waals surface area contributed by atoms with E-state index in [4.69, 9.17) is 11.6 Å². The first-order valence-corrected chi connectivity index (χ1v) is 11.5. The molecule has 1 fully saturated rings. The van der Waals surface area contributed by atoms with Crippen molar-refractivity contribution >= 4 is 38.5 Å². The van der Waals surface area contributed by atoms with Crippen LogP contribution in [-0.4, -0.2) is 41.7 Å². The molecule has 0 bridgehead atoms. The minimum Gasteiger partial charge on any atom is -0.367 e. The SMILES string of the molecule is CS(=O)(=O)NC1CCCC(Nc2cc(-c3c[nH]c4ncccc34)cc(Cl)n2)C1. The fourth-order valence-corrected chi connectivity index (χ4v) is 4.89. The molecule has 28 heavy (non-hydrogen) atoms. The van der Waals surface area contributed by atoms with Gasteiger partial charge in [-0.25, -0.2) is 23.1 Å². The standard InChI is InChI=1S/C19H22ClN5O2S/c1-28(26,27)25-14-5-2-4-13(10-14)23-18-9-12(8-17(20)24-18)16-11-22-19-15(16)6-3-7-21-19/h3,6-9,11,13-14,25H,2,4-5,10H2,1H3,(H,21,22)(H,23,24). The Labute approximate surface area is 169 Å². The van der Waals surface area contributed by atoms with Gasteiger partial charge in [-0.05, 0) is 55.5 Å². The highest BCUT2D eigenvalue weighted by atomic mass is 35.5. The molecule has 1 aliphatic rings. The second-order valence-corrected chi connectivity index (χ2v) is 9.43. The van der Waals surface area contributed by atoms with Crippen molar-refractivity contribution in [1.82, 2.24) is 19.7 Å². The number of hydrogen-bond acceptors (Lipinski definition) is 5. The van der Waals surface area contributed by atoms with Crippen molar-refractivity contribution in [1.29, 1.82) is 0 Å². The highest BCUT2D eigenvalue weighted by Crippen LogP contribution is 2.31. The van der Waals surface area contributed by atoms with Gasteiger partial charge in [-0.3, -0.25) is 0 Å². The fourth-order valence-electron chi connectivity index (χ4n) is 3.86. The summed E-state index contributed by atoms with van der Waals surface area (Å²) in [4.78, 5) is 11.9. The zero-order chi connectivity index (χ0) is 19.7. The van der Waals surface area contributed by atoms with Gasteiger partial charge in [0.15, 0.2) is 0 Å². The van der Waals surface area contributed by atoms with Gasteiger partial charge in [0.25, 0.3) is 0 Å². The van der Waals surface area contributed by atoms with Crippen LogP contribution in [0.5, 0.6) is 0 Å².